The number of ether oxygens (including phenoxy) is 1. The molecule has 0 saturated carbocycles. The molecule has 0 aromatic heterocycles. The zero-order valence-corrected chi connectivity index (χ0v) is 12.7. The van der Waals surface area contributed by atoms with E-state index < -0.39 is 0 Å². The first-order valence-electron chi connectivity index (χ1n) is 7.37. The van der Waals surface area contributed by atoms with Crippen LogP contribution in [0.4, 0.5) is 21.9 Å². The van der Waals surface area contributed by atoms with Crippen molar-refractivity contribution in [3.63, 3.8) is 0 Å². The second kappa shape index (κ2) is 6.39. The van der Waals surface area contributed by atoms with E-state index in [1.807, 2.05) is 6.92 Å². The quantitative estimate of drug-likeness (QED) is 0.811. The van der Waals surface area contributed by atoms with Crippen LogP contribution in [0.25, 0.3) is 0 Å². The maximum atomic E-state index is 12.0. The maximum Gasteiger partial charge on any atom is 0.323 e. The molecule has 0 aliphatic carbocycles. The summed E-state index contributed by atoms with van der Waals surface area (Å²) in [6.45, 7) is 2.52. The number of nitrogens with one attached hydrogen (secondary N) is 3. The summed E-state index contributed by atoms with van der Waals surface area (Å²) in [5, 5.41) is 8.26. The molecular weight excluding hydrogens is 294 g/mol. The molecule has 3 rings (SSSR count). The second-order valence-corrected chi connectivity index (χ2v) is 5.13. The predicted octanol–water partition coefficient (Wildman–Crippen LogP) is 3.22. The van der Waals surface area contributed by atoms with Crippen LogP contribution in [0.15, 0.2) is 42.5 Å². The first-order chi connectivity index (χ1) is 11.1. The summed E-state index contributed by atoms with van der Waals surface area (Å²) < 4.78 is 5.35. The van der Waals surface area contributed by atoms with Crippen molar-refractivity contribution in [2.75, 3.05) is 22.6 Å². The largest absolute Gasteiger partial charge is 0.494 e. The van der Waals surface area contributed by atoms with Crippen LogP contribution in [-0.4, -0.2) is 18.5 Å². The number of carbonyl (C=O) groups excluding carboxylic acids is 2. The van der Waals surface area contributed by atoms with Crippen molar-refractivity contribution >= 4 is 29.0 Å². The van der Waals surface area contributed by atoms with Crippen LogP contribution < -0.4 is 20.7 Å². The lowest BCUT2D eigenvalue weighted by Crippen LogP contribution is -2.19. The van der Waals surface area contributed by atoms with E-state index in [9.17, 15) is 9.59 Å². The Morgan fingerprint density at radius 1 is 1.13 bits per heavy atom. The minimum atomic E-state index is -0.341. The molecule has 2 aromatic rings. The molecule has 118 valence electrons. The molecule has 6 heteroatoms. The standard InChI is InChI=1S/C17H17N3O3/c1-2-23-14-6-3-12(4-7-14)18-17(22)19-13-5-8-15-11(9-13)10-16(21)20-15/h3-9H,2,10H2,1H3,(H,20,21)(H2,18,19,22). The summed E-state index contributed by atoms with van der Waals surface area (Å²) in [4.78, 5) is 23.3. The van der Waals surface area contributed by atoms with Crippen LogP contribution in [0.2, 0.25) is 0 Å². The van der Waals surface area contributed by atoms with Gasteiger partial charge >= 0.3 is 6.03 Å². The summed E-state index contributed by atoms with van der Waals surface area (Å²) in [5.41, 5.74) is 2.99. The lowest BCUT2D eigenvalue weighted by molar-refractivity contribution is -0.115. The summed E-state index contributed by atoms with van der Waals surface area (Å²) in [6, 6.07) is 12.1. The number of fused-ring (bicyclic) bond motifs is 1. The Balaban J connectivity index is 1.61. The Kier molecular flexibility index (Phi) is 4.14. The lowest BCUT2D eigenvalue weighted by atomic mass is 10.1. The third-order valence-corrected chi connectivity index (χ3v) is 3.41. The third kappa shape index (κ3) is 3.60. The molecule has 3 amide bonds. The van der Waals surface area contributed by atoms with E-state index in [-0.39, 0.29) is 11.9 Å². The fourth-order valence-corrected chi connectivity index (χ4v) is 2.40. The Bertz CT molecular complexity index is 741. The minimum absolute atomic E-state index is 0.0315. The highest BCUT2D eigenvalue weighted by molar-refractivity contribution is 6.02. The van der Waals surface area contributed by atoms with Gasteiger partial charge in [0, 0.05) is 17.1 Å². The SMILES string of the molecule is CCOc1ccc(NC(=O)Nc2ccc3c(c2)CC(=O)N3)cc1. The molecule has 23 heavy (non-hydrogen) atoms. The van der Waals surface area contributed by atoms with Crippen molar-refractivity contribution in [1.29, 1.82) is 0 Å². The van der Waals surface area contributed by atoms with E-state index in [0.29, 0.717) is 24.4 Å². The number of anilines is 3. The van der Waals surface area contributed by atoms with E-state index in [1.54, 1.807) is 42.5 Å². The Morgan fingerprint density at radius 3 is 2.57 bits per heavy atom. The fourth-order valence-electron chi connectivity index (χ4n) is 2.40. The fraction of sp³-hybridized carbons (Fsp3) is 0.176. The normalized spacial score (nSPS) is 12.3. The van der Waals surface area contributed by atoms with Crippen LogP contribution >= 0.6 is 0 Å². The van der Waals surface area contributed by atoms with Crippen LogP contribution in [0, 0.1) is 0 Å². The molecule has 1 aliphatic heterocycles. The highest BCUT2D eigenvalue weighted by atomic mass is 16.5. The molecule has 0 spiro atoms. The highest BCUT2D eigenvalue weighted by Gasteiger charge is 2.17. The number of hydrogen-bond donors (Lipinski definition) is 3. The van der Waals surface area contributed by atoms with E-state index in [4.69, 9.17) is 4.74 Å². The minimum Gasteiger partial charge on any atom is -0.494 e. The van der Waals surface area contributed by atoms with Crippen molar-refractivity contribution in [2.24, 2.45) is 0 Å². The maximum absolute atomic E-state index is 12.0. The first kappa shape index (κ1) is 14.9. The molecule has 1 heterocycles. The van der Waals surface area contributed by atoms with Gasteiger partial charge in [0.15, 0.2) is 0 Å². The summed E-state index contributed by atoms with van der Waals surface area (Å²) in [6.07, 6.45) is 0.339. The number of amides is 3. The number of rotatable bonds is 4. The van der Waals surface area contributed by atoms with Crippen LogP contribution in [-0.2, 0) is 11.2 Å². The average Bonchev–Trinajstić information content (AvgIpc) is 2.89. The Labute approximate surface area is 133 Å². The monoisotopic (exact) mass is 311 g/mol. The van der Waals surface area contributed by atoms with Crippen molar-refractivity contribution in [3.8, 4) is 5.75 Å². The third-order valence-electron chi connectivity index (χ3n) is 3.41. The van der Waals surface area contributed by atoms with Gasteiger partial charge in [0.1, 0.15) is 5.75 Å². The Hall–Kier alpha value is -3.02. The topological polar surface area (TPSA) is 79.5 Å². The summed E-state index contributed by atoms with van der Waals surface area (Å²) in [5.74, 6) is 0.727. The van der Waals surface area contributed by atoms with Gasteiger partial charge in [-0.15, -0.1) is 0 Å². The van der Waals surface area contributed by atoms with E-state index >= 15 is 0 Å². The average molecular weight is 311 g/mol. The van der Waals surface area contributed by atoms with Gasteiger partial charge in [0.05, 0.1) is 13.0 Å². The van der Waals surface area contributed by atoms with Crippen molar-refractivity contribution < 1.29 is 14.3 Å². The molecule has 0 unspecified atom stereocenters. The van der Waals surface area contributed by atoms with Gasteiger partial charge in [0.25, 0.3) is 0 Å². The first-order valence-corrected chi connectivity index (χ1v) is 7.37. The van der Waals surface area contributed by atoms with E-state index in [1.165, 1.54) is 0 Å². The zero-order valence-electron chi connectivity index (χ0n) is 12.7. The predicted molar refractivity (Wildman–Crippen MR) is 89.0 cm³/mol. The van der Waals surface area contributed by atoms with Gasteiger partial charge in [-0.05, 0) is 55.0 Å². The number of benzene rings is 2. The van der Waals surface area contributed by atoms with Crippen LogP contribution in [0.3, 0.4) is 0 Å². The van der Waals surface area contributed by atoms with Crippen LogP contribution in [0.5, 0.6) is 5.75 Å². The highest BCUT2D eigenvalue weighted by Crippen LogP contribution is 2.26. The molecule has 6 nitrogen and oxygen atoms in total. The van der Waals surface area contributed by atoms with Gasteiger partial charge in [0.2, 0.25) is 5.91 Å². The van der Waals surface area contributed by atoms with Gasteiger partial charge < -0.3 is 20.7 Å². The van der Waals surface area contributed by atoms with E-state index in [0.717, 1.165) is 17.0 Å². The van der Waals surface area contributed by atoms with Gasteiger partial charge in [-0.1, -0.05) is 0 Å². The zero-order chi connectivity index (χ0) is 16.2. The molecule has 1 aliphatic rings. The van der Waals surface area contributed by atoms with Crippen molar-refractivity contribution in [1.82, 2.24) is 0 Å². The molecular formula is C17H17N3O3. The molecule has 0 atom stereocenters. The molecule has 0 fully saturated rings. The van der Waals surface area contributed by atoms with Gasteiger partial charge in [-0.3, -0.25) is 4.79 Å². The van der Waals surface area contributed by atoms with Crippen LogP contribution in [0.1, 0.15) is 12.5 Å². The van der Waals surface area contributed by atoms with Crippen molar-refractivity contribution in [3.05, 3.63) is 48.0 Å². The van der Waals surface area contributed by atoms with Crippen molar-refractivity contribution in [2.45, 2.75) is 13.3 Å². The Morgan fingerprint density at radius 2 is 1.83 bits per heavy atom. The molecule has 0 radical (unpaired) electrons. The molecule has 2 aromatic carbocycles. The lowest BCUT2D eigenvalue weighted by Gasteiger charge is -2.09. The molecule has 0 bridgehead atoms. The summed E-state index contributed by atoms with van der Waals surface area (Å²) in [7, 11) is 0. The molecule has 3 N–H and O–H groups in total. The van der Waals surface area contributed by atoms with Gasteiger partial charge in [-0.2, -0.15) is 0 Å². The summed E-state index contributed by atoms with van der Waals surface area (Å²) >= 11 is 0. The number of carbonyl (C=O) groups is 2. The molecule has 0 saturated heterocycles. The smallest absolute Gasteiger partial charge is 0.323 e. The second-order valence-electron chi connectivity index (χ2n) is 5.13. The van der Waals surface area contributed by atoms with Gasteiger partial charge in [-0.25, -0.2) is 4.79 Å². The number of hydrogen-bond acceptors (Lipinski definition) is 3. The number of urea groups is 1. The van der Waals surface area contributed by atoms with E-state index in [2.05, 4.69) is 16.0 Å².